The molecule has 0 saturated carbocycles. The van der Waals surface area contributed by atoms with Crippen LogP contribution in [0.15, 0.2) is 24.0 Å². The summed E-state index contributed by atoms with van der Waals surface area (Å²) in [7, 11) is -1.14. The fraction of sp³-hybridized carbons (Fsp3) is 0.545. The van der Waals surface area contributed by atoms with Crippen LogP contribution in [-0.4, -0.2) is 69.7 Å². The topological polar surface area (TPSA) is 105 Å². The van der Waals surface area contributed by atoms with Crippen molar-refractivity contribution in [2.75, 3.05) is 25.0 Å². The third-order valence-electron chi connectivity index (χ3n) is 5.88. The maximum atomic E-state index is 11.6. The van der Waals surface area contributed by atoms with Gasteiger partial charge in [0.15, 0.2) is 5.01 Å². The van der Waals surface area contributed by atoms with Crippen LogP contribution in [0.4, 0.5) is 10.5 Å². The number of ether oxygens (including phenoxy) is 1. The number of rotatable bonds is 8. The molecule has 11 heteroatoms. The Morgan fingerprint density at radius 1 is 1.36 bits per heavy atom. The van der Waals surface area contributed by atoms with E-state index >= 15 is 0 Å². The van der Waals surface area contributed by atoms with Gasteiger partial charge >= 0.3 is 6.09 Å². The summed E-state index contributed by atoms with van der Waals surface area (Å²) < 4.78 is 7.97. The molecule has 0 unspecified atom stereocenters. The van der Waals surface area contributed by atoms with E-state index in [1.54, 1.807) is 5.51 Å². The second-order valence-corrected chi connectivity index (χ2v) is 16.5. The minimum absolute atomic E-state index is 0.00142. The highest BCUT2D eigenvalue weighted by atomic mass is 32.1. The van der Waals surface area contributed by atoms with Gasteiger partial charge in [-0.2, -0.15) is 0 Å². The van der Waals surface area contributed by atoms with Crippen LogP contribution in [0, 0.1) is 5.92 Å². The highest BCUT2D eigenvalue weighted by molar-refractivity contribution is 7.12. The lowest BCUT2D eigenvalue weighted by atomic mass is 9.95. The molecule has 4 heterocycles. The molecule has 2 atom stereocenters. The van der Waals surface area contributed by atoms with Crippen LogP contribution in [-0.2, 0) is 11.5 Å². The van der Waals surface area contributed by atoms with Crippen molar-refractivity contribution in [3.8, 4) is 10.6 Å². The summed E-state index contributed by atoms with van der Waals surface area (Å²) >= 11 is 1.46. The Kier molecular flexibility index (Phi) is 7.01. The van der Waals surface area contributed by atoms with Crippen molar-refractivity contribution in [1.29, 1.82) is 0 Å². The van der Waals surface area contributed by atoms with Crippen LogP contribution in [0.5, 0.6) is 0 Å². The van der Waals surface area contributed by atoms with Gasteiger partial charge in [-0.3, -0.25) is 0 Å². The van der Waals surface area contributed by atoms with Crippen molar-refractivity contribution in [2.45, 2.75) is 51.8 Å². The molecule has 1 fully saturated rings. The summed E-state index contributed by atoms with van der Waals surface area (Å²) in [6.45, 7) is 11.3. The molecular weight excluding hydrogens is 456 g/mol. The van der Waals surface area contributed by atoms with Crippen molar-refractivity contribution in [2.24, 2.45) is 5.92 Å². The molecule has 33 heavy (non-hydrogen) atoms. The molecule has 178 valence electrons. The molecule has 0 aromatic carbocycles. The average molecular weight is 489 g/mol. The van der Waals surface area contributed by atoms with Crippen LogP contribution in [0.25, 0.3) is 21.6 Å². The first-order chi connectivity index (χ1) is 15.7. The lowest BCUT2D eigenvalue weighted by Crippen LogP contribution is -2.47. The highest BCUT2D eigenvalue weighted by Crippen LogP contribution is 2.36. The van der Waals surface area contributed by atoms with E-state index in [0.29, 0.717) is 19.8 Å². The van der Waals surface area contributed by atoms with Gasteiger partial charge in [0.2, 0.25) is 0 Å². The van der Waals surface area contributed by atoms with E-state index in [9.17, 15) is 9.90 Å². The number of hydrogen-bond donors (Lipinski definition) is 2. The fourth-order valence-electron chi connectivity index (χ4n) is 4.21. The summed E-state index contributed by atoms with van der Waals surface area (Å²) in [6.07, 6.45) is 3.84. The Labute approximate surface area is 198 Å². The van der Waals surface area contributed by atoms with Crippen molar-refractivity contribution in [1.82, 2.24) is 24.6 Å². The molecule has 0 spiro atoms. The number of pyridine rings is 1. The van der Waals surface area contributed by atoms with Gasteiger partial charge in [-0.25, -0.2) is 9.78 Å². The van der Waals surface area contributed by atoms with Gasteiger partial charge in [0.25, 0.3) is 0 Å². The molecule has 0 bridgehead atoms. The molecule has 1 aliphatic heterocycles. The minimum Gasteiger partial charge on any atom is -0.465 e. The number of hydrogen-bond acceptors (Lipinski definition) is 7. The molecule has 9 nitrogen and oxygen atoms in total. The van der Waals surface area contributed by atoms with Gasteiger partial charge in [-0.15, -0.1) is 10.2 Å². The molecule has 1 saturated heterocycles. The number of carboxylic acid groups (broad SMARTS) is 1. The number of carbonyl (C=O) groups is 1. The highest BCUT2D eigenvalue weighted by Gasteiger charge is 2.29. The largest absolute Gasteiger partial charge is 0.465 e. The number of piperidine rings is 1. The number of aromatic nitrogens is 4. The van der Waals surface area contributed by atoms with E-state index in [2.05, 4.69) is 42.1 Å². The number of anilines is 1. The van der Waals surface area contributed by atoms with E-state index in [0.717, 1.165) is 46.4 Å². The summed E-state index contributed by atoms with van der Waals surface area (Å²) in [5, 5.41) is 23.2. The van der Waals surface area contributed by atoms with Gasteiger partial charge in [0, 0.05) is 51.6 Å². The van der Waals surface area contributed by atoms with Crippen molar-refractivity contribution >= 4 is 42.2 Å². The van der Waals surface area contributed by atoms with Crippen LogP contribution in [0.1, 0.15) is 13.3 Å². The summed E-state index contributed by atoms with van der Waals surface area (Å²) in [5.41, 5.74) is 4.33. The summed E-state index contributed by atoms with van der Waals surface area (Å²) in [5.74, 6) is 0.277. The maximum absolute atomic E-state index is 11.6. The van der Waals surface area contributed by atoms with E-state index in [-0.39, 0.29) is 12.0 Å². The van der Waals surface area contributed by atoms with Crippen LogP contribution < -0.4 is 5.32 Å². The van der Waals surface area contributed by atoms with Crippen LogP contribution >= 0.6 is 11.3 Å². The van der Waals surface area contributed by atoms with Gasteiger partial charge in [-0.05, 0) is 24.4 Å². The quantitative estimate of drug-likeness (QED) is 0.351. The Morgan fingerprint density at radius 2 is 2.18 bits per heavy atom. The van der Waals surface area contributed by atoms with Crippen molar-refractivity contribution < 1.29 is 14.6 Å². The first-order valence-electron chi connectivity index (χ1n) is 11.3. The molecule has 0 radical (unpaired) electrons. The number of nitrogens with one attached hydrogen (secondary N) is 1. The lowest BCUT2D eigenvalue weighted by molar-refractivity contribution is 0.0899. The Balaban J connectivity index is 1.62. The van der Waals surface area contributed by atoms with Crippen LogP contribution in [0.3, 0.4) is 0 Å². The SMILES string of the molecule is C[C@H]1C[C@@H](Nc2c(-c3nncs3)cnc3c2ccn3COCC[Si](C)(C)C)CN(C(=O)O)C1. The lowest BCUT2D eigenvalue weighted by Gasteiger charge is -2.36. The Bertz CT molecular complexity index is 1100. The molecule has 2 N–H and O–H groups in total. The second kappa shape index (κ2) is 9.78. The monoisotopic (exact) mass is 488 g/mol. The fourth-order valence-corrected chi connectivity index (χ4v) is 5.54. The van der Waals surface area contributed by atoms with E-state index in [4.69, 9.17) is 9.72 Å². The zero-order chi connectivity index (χ0) is 23.6. The van der Waals surface area contributed by atoms with Gasteiger partial charge in [-0.1, -0.05) is 37.9 Å². The normalized spacial score (nSPS) is 19.2. The summed E-state index contributed by atoms with van der Waals surface area (Å²) in [4.78, 5) is 17.8. The number of amides is 1. The maximum Gasteiger partial charge on any atom is 0.407 e. The first kappa shape index (κ1) is 23.6. The van der Waals surface area contributed by atoms with E-state index in [1.807, 2.05) is 23.0 Å². The molecular formula is C22H32N6O3SSi. The molecule has 1 amide bonds. The van der Waals surface area contributed by atoms with Gasteiger partial charge in [0.1, 0.15) is 17.9 Å². The number of likely N-dealkylation sites (tertiary alicyclic amines) is 1. The third-order valence-corrected chi connectivity index (χ3v) is 8.31. The second-order valence-electron chi connectivity index (χ2n) is 10.0. The molecule has 4 rings (SSSR count). The smallest absolute Gasteiger partial charge is 0.407 e. The van der Waals surface area contributed by atoms with Crippen molar-refractivity contribution in [3.63, 3.8) is 0 Å². The molecule has 0 aliphatic carbocycles. The average Bonchev–Trinajstić information content (AvgIpc) is 3.41. The molecule has 1 aliphatic rings. The van der Waals surface area contributed by atoms with E-state index in [1.165, 1.54) is 16.2 Å². The standard InChI is InChI=1S/C22H32N6O3SSi/c1-15-9-16(12-28(11-15)22(29)30)25-19-17-5-6-27(14-31-7-8-33(2,3)4)20(17)23-10-18(19)21-26-24-13-32-21/h5-6,10,13,15-16H,7-9,11-12,14H2,1-4H3,(H,23,25)(H,29,30)/t15-,16+/m0/s1. The third kappa shape index (κ3) is 5.71. The molecule has 3 aromatic rings. The van der Waals surface area contributed by atoms with Crippen molar-refractivity contribution in [3.05, 3.63) is 24.0 Å². The van der Waals surface area contributed by atoms with E-state index < -0.39 is 14.2 Å². The summed E-state index contributed by atoms with van der Waals surface area (Å²) in [6, 6.07) is 3.16. The number of fused-ring (bicyclic) bond motifs is 1. The van der Waals surface area contributed by atoms with Gasteiger partial charge < -0.3 is 24.6 Å². The Morgan fingerprint density at radius 3 is 2.88 bits per heavy atom. The predicted molar refractivity (Wildman–Crippen MR) is 134 cm³/mol. The zero-order valence-corrected chi connectivity index (χ0v) is 21.4. The Hall–Kier alpha value is -2.50. The predicted octanol–water partition coefficient (Wildman–Crippen LogP) is 4.67. The first-order valence-corrected chi connectivity index (χ1v) is 15.9. The zero-order valence-electron chi connectivity index (χ0n) is 19.6. The molecule has 3 aromatic heterocycles. The number of nitrogens with zero attached hydrogens (tertiary/aromatic N) is 5. The minimum atomic E-state index is -1.14. The van der Waals surface area contributed by atoms with Gasteiger partial charge in [0.05, 0.1) is 11.3 Å². The van der Waals surface area contributed by atoms with Crippen LogP contribution in [0.2, 0.25) is 25.7 Å².